The Hall–Kier alpha value is -3.83. The number of nitriles is 1. The highest BCUT2D eigenvalue weighted by atomic mass is 32.2. The molecule has 12 nitrogen and oxygen atoms in total. The molecule has 1 aromatic heterocycles. The standard InChI is InChI=1S/C33H42N8O4S/c1-3-26(45-30-19-27(6-4-24(30)20-34)46(44)40-15-10-25(35)11-16-40)21-39-13-8-22(9-14-39)23-5-7-28-29(18-23)38(2)37-32(28)41-17-12-31(42)36-33(41)43/h4-7,18-19,22,25-26H,3,8-17,21,35H2,1-2H3,(H,36,42,43). The Bertz CT molecular complexity index is 1670. The molecule has 0 spiro atoms. The zero-order valence-electron chi connectivity index (χ0n) is 26.5. The Morgan fingerprint density at radius 3 is 2.54 bits per heavy atom. The molecule has 0 aliphatic carbocycles. The molecule has 3 aliphatic rings. The van der Waals surface area contributed by atoms with Crippen LogP contribution < -0.4 is 20.7 Å². The number of aromatic nitrogens is 2. The second kappa shape index (κ2) is 13.9. The van der Waals surface area contributed by atoms with Gasteiger partial charge >= 0.3 is 6.03 Å². The largest absolute Gasteiger partial charge is 0.488 e. The van der Waals surface area contributed by atoms with Crippen LogP contribution in [0.4, 0.5) is 10.6 Å². The molecule has 13 heteroatoms. The Balaban J connectivity index is 1.08. The van der Waals surface area contributed by atoms with Crippen molar-refractivity contribution in [3.8, 4) is 11.8 Å². The quantitative estimate of drug-likeness (QED) is 0.359. The number of imide groups is 1. The Morgan fingerprint density at radius 2 is 1.85 bits per heavy atom. The van der Waals surface area contributed by atoms with Crippen molar-refractivity contribution < 1.29 is 18.5 Å². The van der Waals surface area contributed by atoms with Crippen LogP contribution in [0.25, 0.3) is 10.9 Å². The first kappa shape index (κ1) is 32.1. The first-order chi connectivity index (χ1) is 22.2. The van der Waals surface area contributed by atoms with E-state index in [4.69, 9.17) is 10.5 Å². The fraction of sp³-hybridized carbons (Fsp3) is 0.515. The summed E-state index contributed by atoms with van der Waals surface area (Å²) >= 11 is 0. The van der Waals surface area contributed by atoms with Gasteiger partial charge in [-0.1, -0.05) is 13.0 Å². The van der Waals surface area contributed by atoms with E-state index in [1.165, 1.54) is 10.5 Å². The summed E-state index contributed by atoms with van der Waals surface area (Å²) in [6, 6.07) is 13.6. The van der Waals surface area contributed by atoms with Crippen LogP contribution in [0.5, 0.6) is 5.75 Å². The van der Waals surface area contributed by atoms with Crippen LogP contribution in [0, 0.1) is 11.3 Å². The van der Waals surface area contributed by atoms with Crippen molar-refractivity contribution in [1.29, 1.82) is 5.26 Å². The molecule has 6 rings (SSSR count). The first-order valence-electron chi connectivity index (χ1n) is 16.2. The molecule has 2 unspecified atom stereocenters. The van der Waals surface area contributed by atoms with E-state index < -0.39 is 17.0 Å². The lowest BCUT2D eigenvalue weighted by Gasteiger charge is -2.34. The van der Waals surface area contributed by atoms with Gasteiger partial charge in [-0.3, -0.25) is 24.6 Å². The summed E-state index contributed by atoms with van der Waals surface area (Å²) in [6.07, 6.45) is 4.58. The lowest BCUT2D eigenvalue weighted by Crippen LogP contribution is -2.49. The fourth-order valence-corrected chi connectivity index (χ4v) is 7.87. The summed E-state index contributed by atoms with van der Waals surface area (Å²) in [5.41, 5.74) is 8.69. The molecular weight excluding hydrogens is 604 g/mol. The third kappa shape index (κ3) is 6.80. The first-order valence-corrected chi connectivity index (χ1v) is 17.3. The van der Waals surface area contributed by atoms with Crippen molar-refractivity contribution >= 4 is 39.6 Å². The summed E-state index contributed by atoms with van der Waals surface area (Å²) in [7, 11) is 0.556. The minimum atomic E-state index is -1.32. The second-order valence-electron chi connectivity index (χ2n) is 12.5. The summed E-state index contributed by atoms with van der Waals surface area (Å²) in [6.45, 7) is 6.38. The molecule has 0 saturated carbocycles. The summed E-state index contributed by atoms with van der Waals surface area (Å²) < 4.78 is 23.5. The molecule has 4 heterocycles. The number of benzene rings is 2. The maximum Gasteiger partial charge on any atom is 0.329 e. The highest BCUT2D eigenvalue weighted by Crippen LogP contribution is 2.34. The molecule has 2 atom stereocenters. The number of nitrogens with one attached hydrogen (secondary N) is 1. The normalized spacial score (nSPS) is 20.4. The summed E-state index contributed by atoms with van der Waals surface area (Å²) in [4.78, 5) is 28.7. The van der Waals surface area contributed by atoms with Gasteiger partial charge in [-0.25, -0.2) is 13.3 Å². The number of aryl methyl sites for hydroxylation is 1. The van der Waals surface area contributed by atoms with E-state index in [-0.39, 0.29) is 24.5 Å². The number of hydrogen-bond donors (Lipinski definition) is 2. The van der Waals surface area contributed by atoms with Gasteiger partial charge in [0.1, 0.15) is 28.9 Å². The van der Waals surface area contributed by atoms with Crippen LogP contribution in [0.1, 0.15) is 62.5 Å². The lowest BCUT2D eigenvalue weighted by molar-refractivity contribution is -0.120. The van der Waals surface area contributed by atoms with E-state index in [1.807, 2.05) is 17.4 Å². The van der Waals surface area contributed by atoms with Gasteiger partial charge in [-0.2, -0.15) is 10.4 Å². The number of carbonyl (C=O) groups is 2. The maximum atomic E-state index is 13.3. The van der Waals surface area contributed by atoms with E-state index >= 15 is 0 Å². The minimum absolute atomic E-state index is 0.105. The van der Waals surface area contributed by atoms with E-state index in [9.17, 15) is 19.1 Å². The number of rotatable bonds is 9. The van der Waals surface area contributed by atoms with Crippen molar-refractivity contribution in [3.05, 3.63) is 47.5 Å². The zero-order valence-corrected chi connectivity index (χ0v) is 27.3. The lowest BCUT2D eigenvalue weighted by atomic mass is 9.89. The summed E-state index contributed by atoms with van der Waals surface area (Å²) in [5, 5.41) is 17.7. The van der Waals surface area contributed by atoms with Crippen molar-refractivity contribution in [2.24, 2.45) is 12.8 Å². The highest BCUT2D eigenvalue weighted by Gasteiger charge is 2.29. The molecule has 3 aliphatic heterocycles. The Morgan fingerprint density at radius 1 is 1.09 bits per heavy atom. The predicted molar refractivity (Wildman–Crippen MR) is 176 cm³/mol. The van der Waals surface area contributed by atoms with Crippen LogP contribution in [0.15, 0.2) is 41.3 Å². The number of ether oxygens (including phenoxy) is 1. The SMILES string of the molecule is CCC(CN1CCC(c2ccc3c(N4CCC(=O)NC4=O)nn(C)c3c2)CC1)Oc1cc(S(=O)N2CCC(N)CC2)ccc1C#N. The van der Waals surface area contributed by atoms with Gasteiger partial charge in [0.05, 0.1) is 16.0 Å². The molecule has 3 aromatic rings. The molecule has 3 fully saturated rings. The minimum Gasteiger partial charge on any atom is -0.488 e. The van der Waals surface area contributed by atoms with Crippen LogP contribution in [0.2, 0.25) is 0 Å². The molecular formula is C33H42N8O4S. The fourth-order valence-electron chi connectivity index (χ4n) is 6.63. The zero-order chi connectivity index (χ0) is 32.4. The predicted octanol–water partition coefficient (Wildman–Crippen LogP) is 3.37. The average Bonchev–Trinajstić information content (AvgIpc) is 3.39. The Kier molecular flexibility index (Phi) is 9.70. The van der Waals surface area contributed by atoms with Crippen LogP contribution in [-0.2, 0) is 22.8 Å². The van der Waals surface area contributed by atoms with Crippen LogP contribution in [-0.4, -0.2) is 86.5 Å². The number of carbonyl (C=O) groups excluding carboxylic acids is 2. The number of fused-ring (bicyclic) bond motifs is 1. The van der Waals surface area contributed by atoms with E-state index in [2.05, 4.69) is 40.4 Å². The van der Waals surface area contributed by atoms with E-state index in [1.54, 1.807) is 22.9 Å². The van der Waals surface area contributed by atoms with Crippen LogP contribution >= 0.6 is 0 Å². The number of urea groups is 1. The molecule has 3 amide bonds. The molecule has 3 saturated heterocycles. The summed E-state index contributed by atoms with van der Waals surface area (Å²) in [5.74, 6) is 1.20. The van der Waals surface area contributed by atoms with Gasteiger partial charge in [0.2, 0.25) is 5.91 Å². The maximum absolute atomic E-state index is 13.3. The average molecular weight is 647 g/mol. The van der Waals surface area contributed by atoms with Gasteiger partial charge in [0, 0.05) is 51.1 Å². The van der Waals surface area contributed by atoms with Crippen molar-refractivity contribution in [1.82, 2.24) is 24.3 Å². The number of hydrogen-bond acceptors (Lipinski definition) is 8. The molecule has 2 aromatic carbocycles. The molecule has 46 heavy (non-hydrogen) atoms. The smallest absolute Gasteiger partial charge is 0.329 e. The van der Waals surface area contributed by atoms with Gasteiger partial charge < -0.3 is 10.5 Å². The van der Waals surface area contributed by atoms with Crippen molar-refractivity contribution in [2.75, 3.05) is 44.2 Å². The van der Waals surface area contributed by atoms with Gasteiger partial charge in [0.25, 0.3) is 0 Å². The second-order valence-corrected chi connectivity index (χ2v) is 14.0. The van der Waals surface area contributed by atoms with E-state index in [0.29, 0.717) is 47.6 Å². The number of nitrogens with zero attached hydrogens (tertiary/aromatic N) is 6. The number of amides is 3. The third-order valence-corrected chi connectivity index (χ3v) is 10.9. The number of anilines is 1. The van der Waals surface area contributed by atoms with Gasteiger partial charge in [-0.05, 0) is 87.0 Å². The Labute approximate surface area is 272 Å². The number of piperidine rings is 2. The number of likely N-dealkylation sites (tertiary alicyclic amines) is 1. The van der Waals surface area contributed by atoms with E-state index in [0.717, 1.165) is 62.6 Å². The van der Waals surface area contributed by atoms with Crippen LogP contribution in [0.3, 0.4) is 0 Å². The van der Waals surface area contributed by atoms with Gasteiger partial charge in [0.15, 0.2) is 5.82 Å². The monoisotopic (exact) mass is 646 g/mol. The molecule has 0 radical (unpaired) electrons. The number of nitrogens with two attached hydrogens (primary N) is 1. The van der Waals surface area contributed by atoms with Crippen molar-refractivity contribution in [3.63, 3.8) is 0 Å². The van der Waals surface area contributed by atoms with Gasteiger partial charge in [-0.15, -0.1) is 0 Å². The topological polar surface area (TPSA) is 150 Å². The molecule has 3 N–H and O–H groups in total. The molecule has 244 valence electrons. The third-order valence-electron chi connectivity index (χ3n) is 9.44. The highest BCUT2D eigenvalue weighted by molar-refractivity contribution is 7.82. The van der Waals surface area contributed by atoms with Crippen molar-refractivity contribution in [2.45, 2.75) is 68.4 Å². The molecule has 0 bridgehead atoms.